The average Bonchev–Trinajstić information content (AvgIpc) is 3.73. The lowest BCUT2D eigenvalue weighted by Crippen LogP contribution is -2.15. The molecule has 2 saturated heterocycles. The van der Waals surface area contributed by atoms with Crippen LogP contribution < -0.4 is 20.1 Å². The zero-order valence-corrected chi connectivity index (χ0v) is 20.0. The lowest BCUT2D eigenvalue weighted by molar-refractivity contribution is 0.278. The summed E-state index contributed by atoms with van der Waals surface area (Å²) >= 11 is 0. The normalized spacial score (nSPS) is 21.8. The maximum atomic E-state index is 6.33. The Morgan fingerprint density at radius 3 is 1.61 bits per heavy atom. The molecule has 0 radical (unpaired) electrons. The van der Waals surface area contributed by atoms with Gasteiger partial charge in [-0.25, -0.2) is 9.97 Å². The summed E-state index contributed by atoms with van der Waals surface area (Å²) < 4.78 is 12.7. The van der Waals surface area contributed by atoms with Crippen LogP contribution in [0.2, 0.25) is 0 Å². The van der Waals surface area contributed by atoms with Crippen molar-refractivity contribution >= 4 is 0 Å². The van der Waals surface area contributed by atoms with Gasteiger partial charge in [0, 0.05) is 33.4 Å². The molecule has 8 heteroatoms. The van der Waals surface area contributed by atoms with Crippen LogP contribution in [-0.2, 0) is 13.2 Å². The first-order chi connectivity index (χ1) is 17.8. The maximum absolute atomic E-state index is 6.33. The average molecular weight is 481 g/mol. The highest BCUT2D eigenvalue weighted by Gasteiger charge is 2.30. The minimum Gasteiger partial charge on any atom is -0.488 e. The lowest BCUT2D eigenvalue weighted by atomic mass is 9.87. The summed E-state index contributed by atoms with van der Waals surface area (Å²) in [7, 11) is 0. The van der Waals surface area contributed by atoms with Crippen LogP contribution in [0.5, 0.6) is 11.5 Å². The molecular formula is C28H28N6O2. The van der Waals surface area contributed by atoms with Crippen molar-refractivity contribution < 1.29 is 9.47 Å². The van der Waals surface area contributed by atoms with Crippen LogP contribution in [-0.4, -0.2) is 33.0 Å². The van der Waals surface area contributed by atoms with Gasteiger partial charge in [-0.1, -0.05) is 0 Å². The standard InChI is InChI=1S/C28H28N6O2/c1-3-19(29-5-1)27-31-11-21(33-27)15-7-17-13-36-24-10-16(8-18-14-35-23(9-15)25(17)26(18)24)22-12-32-28(34-22)20-4-2-6-30-20/h7-12,19-20,29-30H,1-6,13-14H2,(H,31,33)(H,32,34)/t19-,20-/m0/s1. The number of rotatable bonds is 4. The Bertz CT molecular complexity index is 1310. The number of aromatic amines is 2. The van der Waals surface area contributed by atoms with Crippen LogP contribution >= 0.6 is 0 Å². The molecule has 0 aliphatic carbocycles. The van der Waals surface area contributed by atoms with Crippen molar-refractivity contribution in [2.24, 2.45) is 0 Å². The van der Waals surface area contributed by atoms with Crippen LogP contribution in [0.1, 0.15) is 60.5 Å². The molecule has 0 amide bonds. The molecule has 36 heavy (non-hydrogen) atoms. The monoisotopic (exact) mass is 480 g/mol. The van der Waals surface area contributed by atoms with Crippen molar-refractivity contribution in [1.29, 1.82) is 0 Å². The fraction of sp³-hybridized carbons (Fsp3) is 0.357. The fourth-order valence-electron chi connectivity index (χ4n) is 6.15. The van der Waals surface area contributed by atoms with Crippen molar-refractivity contribution in [2.75, 3.05) is 13.1 Å². The van der Waals surface area contributed by atoms with Crippen LogP contribution in [0.25, 0.3) is 33.6 Å². The van der Waals surface area contributed by atoms with Gasteiger partial charge in [-0.2, -0.15) is 0 Å². The number of benzene rings is 2. The molecule has 4 N–H and O–H groups in total. The lowest BCUT2D eigenvalue weighted by Gasteiger charge is -2.30. The van der Waals surface area contributed by atoms with E-state index in [2.05, 4.69) is 54.8 Å². The third-order valence-corrected chi connectivity index (χ3v) is 7.98. The molecule has 8 rings (SSSR count). The number of H-pyrrole nitrogens is 2. The van der Waals surface area contributed by atoms with Crippen molar-refractivity contribution in [1.82, 2.24) is 30.6 Å². The van der Waals surface area contributed by atoms with Gasteiger partial charge in [0.25, 0.3) is 0 Å². The topological polar surface area (TPSA) is 99.9 Å². The molecule has 2 aromatic heterocycles. The van der Waals surface area contributed by atoms with E-state index in [4.69, 9.17) is 9.47 Å². The van der Waals surface area contributed by atoms with Gasteiger partial charge in [-0.15, -0.1) is 0 Å². The predicted molar refractivity (Wildman–Crippen MR) is 136 cm³/mol. The number of nitrogens with zero attached hydrogens (tertiary/aromatic N) is 2. The molecule has 0 spiro atoms. The first-order valence-corrected chi connectivity index (χ1v) is 13.0. The highest BCUT2D eigenvalue weighted by atomic mass is 16.5. The molecule has 6 heterocycles. The van der Waals surface area contributed by atoms with Gasteiger partial charge >= 0.3 is 0 Å². The van der Waals surface area contributed by atoms with Gasteiger partial charge in [-0.05, 0) is 63.0 Å². The summed E-state index contributed by atoms with van der Waals surface area (Å²) in [4.78, 5) is 16.4. The maximum Gasteiger partial charge on any atom is 0.128 e. The van der Waals surface area contributed by atoms with E-state index in [1.807, 2.05) is 12.4 Å². The van der Waals surface area contributed by atoms with Crippen LogP contribution in [0.15, 0.2) is 36.7 Å². The summed E-state index contributed by atoms with van der Waals surface area (Å²) in [5.41, 5.74) is 8.80. The molecule has 8 nitrogen and oxygen atoms in total. The van der Waals surface area contributed by atoms with Crippen LogP contribution in [0, 0.1) is 0 Å². The SMILES string of the molecule is c1nc([C@@H]2CCCN2)[nH]c1-c1cc2c3c(c1)OCc1cc(-c4cnc([C@@H]5CCCN5)[nH]4)cc(c1-3)OC2. The number of imidazole rings is 2. The summed E-state index contributed by atoms with van der Waals surface area (Å²) in [5, 5.41) is 7.03. The van der Waals surface area contributed by atoms with E-state index < -0.39 is 0 Å². The predicted octanol–water partition coefficient (Wildman–Crippen LogP) is 4.77. The molecule has 4 aliphatic rings. The molecule has 0 saturated carbocycles. The van der Waals surface area contributed by atoms with Crippen LogP contribution in [0.4, 0.5) is 0 Å². The van der Waals surface area contributed by atoms with E-state index in [-0.39, 0.29) is 0 Å². The summed E-state index contributed by atoms with van der Waals surface area (Å²) in [6.07, 6.45) is 8.50. The van der Waals surface area contributed by atoms with Crippen molar-refractivity contribution in [3.63, 3.8) is 0 Å². The number of nitrogens with one attached hydrogen (secondary N) is 4. The molecule has 2 atom stereocenters. The summed E-state index contributed by atoms with van der Waals surface area (Å²) in [6, 6.07) is 9.34. The molecule has 4 aromatic rings. The van der Waals surface area contributed by atoms with Gasteiger partial charge in [0.05, 0.1) is 35.9 Å². The molecular weight excluding hydrogens is 452 g/mol. The molecule has 0 unspecified atom stereocenters. The van der Waals surface area contributed by atoms with E-state index in [0.717, 1.165) is 93.8 Å². The van der Waals surface area contributed by atoms with Crippen LogP contribution in [0.3, 0.4) is 0 Å². The molecule has 182 valence electrons. The Kier molecular flexibility index (Phi) is 4.54. The molecule has 4 aliphatic heterocycles. The minimum atomic E-state index is 0.318. The highest BCUT2D eigenvalue weighted by molar-refractivity contribution is 5.88. The third kappa shape index (κ3) is 3.21. The van der Waals surface area contributed by atoms with Gasteiger partial charge in [0.1, 0.15) is 36.4 Å². The minimum absolute atomic E-state index is 0.318. The Morgan fingerprint density at radius 1 is 0.667 bits per heavy atom. The van der Waals surface area contributed by atoms with Crippen molar-refractivity contribution in [3.05, 3.63) is 59.4 Å². The van der Waals surface area contributed by atoms with E-state index in [0.29, 0.717) is 25.3 Å². The highest BCUT2D eigenvalue weighted by Crippen LogP contribution is 2.50. The Labute approximate surface area is 208 Å². The number of hydrogen-bond donors (Lipinski definition) is 4. The van der Waals surface area contributed by atoms with E-state index >= 15 is 0 Å². The zero-order valence-electron chi connectivity index (χ0n) is 20.0. The van der Waals surface area contributed by atoms with Gasteiger partial charge < -0.3 is 30.1 Å². The molecule has 2 fully saturated rings. The summed E-state index contributed by atoms with van der Waals surface area (Å²) in [5.74, 6) is 3.85. The smallest absolute Gasteiger partial charge is 0.128 e. The number of hydrogen-bond acceptors (Lipinski definition) is 6. The largest absolute Gasteiger partial charge is 0.488 e. The fourth-order valence-corrected chi connectivity index (χ4v) is 6.15. The van der Waals surface area contributed by atoms with Gasteiger partial charge in [0.2, 0.25) is 0 Å². The van der Waals surface area contributed by atoms with E-state index in [1.165, 1.54) is 12.8 Å². The second kappa shape index (κ2) is 7.94. The van der Waals surface area contributed by atoms with Crippen molar-refractivity contribution in [2.45, 2.75) is 51.0 Å². The van der Waals surface area contributed by atoms with Gasteiger partial charge in [-0.3, -0.25) is 0 Å². The first-order valence-electron chi connectivity index (χ1n) is 13.0. The zero-order chi connectivity index (χ0) is 23.6. The Morgan fingerprint density at radius 2 is 1.17 bits per heavy atom. The van der Waals surface area contributed by atoms with Crippen molar-refractivity contribution in [3.8, 4) is 45.1 Å². The van der Waals surface area contributed by atoms with Gasteiger partial charge in [0.15, 0.2) is 0 Å². The third-order valence-electron chi connectivity index (χ3n) is 7.98. The number of aromatic nitrogens is 4. The van der Waals surface area contributed by atoms with E-state index in [1.54, 1.807) is 0 Å². The second-order valence-electron chi connectivity index (χ2n) is 10.3. The Hall–Kier alpha value is -3.62. The molecule has 2 aromatic carbocycles. The quantitative estimate of drug-likeness (QED) is 0.336. The second-order valence-corrected chi connectivity index (χ2v) is 10.3. The first kappa shape index (κ1) is 20.6. The number of ether oxygens (including phenoxy) is 2. The summed E-state index contributed by atoms with van der Waals surface area (Å²) in [6.45, 7) is 3.14. The molecule has 0 bridgehead atoms. The van der Waals surface area contributed by atoms with E-state index in [9.17, 15) is 0 Å². The Balaban J connectivity index is 1.15.